The Hall–Kier alpha value is -1.87. The van der Waals surface area contributed by atoms with Crippen LogP contribution in [0.3, 0.4) is 0 Å². The van der Waals surface area contributed by atoms with E-state index in [4.69, 9.17) is 9.84 Å². The molecular weight excluding hydrogens is 268 g/mol. The summed E-state index contributed by atoms with van der Waals surface area (Å²) < 4.78 is 5.25. The second-order valence-electron chi connectivity index (χ2n) is 4.85. The van der Waals surface area contributed by atoms with Crippen molar-refractivity contribution in [2.45, 2.75) is 13.3 Å². The molecule has 1 aromatic carbocycles. The zero-order valence-corrected chi connectivity index (χ0v) is 12.2. The number of aliphatic hydroxyl groups is 1. The van der Waals surface area contributed by atoms with Crippen LogP contribution in [0.5, 0.6) is 0 Å². The molecule has 0 atom stereocenters. The van der Waals surface area contributed by atoms with Crippen LogP contribution in [-0.4, -0.2) is 48.9 Å². The standard InChI is InChI=1S/C16H20N2O3/c1-13-5-6-14(4-2-3-9-19)12-15(13)16(20)17-18-7-10-21-11-8-18/h5-6,12,19H,3,7-11H2,1H3,(H,17,20). The van der Waals surface area contributed by atoms with Gasteiger partial charge in [0, 0.05) is 30.6 Å². The Morgan fingerprint density at radius 1 is 1.43 bits per heavy atom. The van der Waals surface area contributed by atoms with E-state index in [-0.39, 0.29) is 12.5 Å². The van der Waals surface area contributed by atoms with Crippen LogP contribution in [0.25, 0.3) is 0 Å². The molecule has 2 N–H and O–H groups in total. The zero-order valence-electron chi connectivity index (χ0n) is 12.2. The number of aliphatic hydroxyl groups excluding tert-OH is 1. The molecule has 0 unspecified atom stereocenters. The minimum Gasteiger partial charge on any atom is -0.395 e. The highest BCUT2D eigenvalue weighted by atomic mass is 16.5. The number of nitrogens with zero attached hydrogens (tertiary/aromatic N) is 1. The van der Waals surface area contributed by atoms with Gasteiger partial charge in [0.05, 0.1) is 19.8 Å². The number of amides is 1. The van der Waals surface area contributed by atoms with E-state index in [0.717, 1.165) is 11.1 Å². The predicted octanol–water partition coefficient (Wildman–Crippen LogP) is 0.706. The molecule has 0 aromatic heterocycles. The van der Waals surface area contributed by atoms with Crippen LogP contribution in [-0.2, 0) is 4.74 Å². The number of carbonyl (C=O) groups is 1. The van der Waals surface area contributed by atoms with Crippen molar-refractivity contribution in [3.05, 3.63) is 34.9 Å². The van der Waals surface area contributed by atoms with E-state index < -0.39 is 0 Å². The van der Waals surface area contributed by atoms with E-state index in [9.17, 15) is 4.79 Å². The minimum absolute atomic E-state index is 0.0449. The fraction of sp³-hybridized carbons (Fsp3) is 0.438. The molecule has 0 bridgehead atoms. The van der Waals surface area contributed by atoms with Crippen molar-refractivity contribution in [3.8, 4) is 11.8 Å². The van der Waals surface area contributed by atoms with Gasteiger partial charge in [0.2, 0.25) is 0 Å². The first-order valence-corrected chi connectivity index (χ1v) is 7.05. The molecule has 5 heteroatoms. The Morgan fingerprint density at radius 2 is 2.19 bits per heavy atom. The summed E-state index contributed by atoms with van der Waals surface area (Å²) in [6.07, 6.45) is 0.434. The Balaban J connectivity index is 2.08. The van der Waals surface area contributed by atoms with Gasteiger partial charge in [0.25, 0.3) is 5.91 Å². The van der Waals surface area contributed by atoms with E-state index >= 15 is 0 Å². The normalized spacial score (nSPS) is 15.1. The molecule has 1 saturated heterocycles. The number of benzene rings is 1. The first kappa shape index (κ1) is 15.5. The monoisotopic (exact) mass is 288 g/mol. The Labute approximate surface area is 124 Å². The van der Waals surface area contributed by atoms with E-state index in [1.165, 1.54) is 0 Å². The fourth-order valence-electron chi connectivity index (χ4n) is 2.04. The maximum absolute atomic E-state index is 12.3. The number of hydrogen-bond acceptors (Lipinski definition) is 4. The van der Waals surface area contributed by atoms with Crippen molar-refractivity contribution in [2.24, 2.45) is 0 Å². The van der Waals surface area contributed by atoms with Crippen molar-refractivity contribution < 1.29 is 14.6 Å². The van der Waals surface area contributed by atoms with Gasteiger partial charge >= 0.3 is 0 Å². The van der Waals surface area contributed by atoms with Crippen molar-refractivity contribution >= 4 is 5.91 Å². The SMILES string of the molecule is Cc1ccc(C#CCCO)cc1C(=O)NN1CCOCC1. The van der Waals surface area contributed by atoms with Gasteiger partial charge in [-0.1, -0.05) is 17.9 Å². The van der Waals surface area contributed by atoms with Crippen LogP contribution in [0.15, 0.2) is 18.2 Å². The average Bonchev–Trinajstić information content (AvgIpc) is 2.50. The Morgan fingerprint density at radius 3 is 2.90 bits per heavy atom. The summed E-state index contributed by atoms with van der Waals surface area (Å²) in [4.78, 5) is 12.3. The van der Waals surface area contributed by atoms with Crippen molar-refractivity contribution in [1.82, 2.24) is 10.4 Å². The van der Waals surface area contributed by atoms with E-state index in [1.54, 1.807) is 6.07 Å². The number of hydrogen-bond donors (Lipinski definition) is 2. The molecule has 1 fully saturated rings. The Kier molecular flexibility index (Phi) is 5.76. The van der Waals surface area contributed by atoms with Crippen molar-refractivity contribution in [1.29, 1.82) is 0 Å². The van der Waals surface area contributed by atoms with E-state index in [2.05, 4.69) is 17.3 Å². The summed E-state index contributed by atoms with van der Waals surface area (Å²) in [5.74, 6) is 5.68. The zero-order chi connectivity index (χ0) is 15.1. The molecule has 0 aliphatic carbocycles. The molecule has 5 nitrogen and oxygen atoms in total. The number of rotatable bonds is 3. The second kappa shape index (κ2) is 7.79. The molecule has 1 aliphatic rings. The van der Waals surface area contributed by atoms with Crippen LogP contribution in [0.4, 0.5) is 0 Å². The summed E-state index contributed by atoms with van der Waals surface area (Å²) in [6.45, 7) is 4.60. The molecule has 0 spiro atoms. The number of ether oxygens (including phenoxy) is 1. The van der Waals surface area contributed by atoms with Crippen molar-refractivity contribution in [2.75, 3.05) is 32.9 Å². The first-order chi connectivity index (χ1) is 10.2. The third-order valence-electron chi connectivity index (χ3n) is 3.22. The largest absolute Gasteiger partial charge is 0.395 e. The third kappa shape index (κ3) is 4.57. The molecule has 21 heavy (non-hydrogen) atoms. The summed E-state index contributed by atoms with van der Waals surface area (Å²) >= 11 is 0. The highest BCUT2D eigenvalue weighted by Gasteiger charge is 2.15. The number of nitrogens with one attached hydrogen (secondary N) is 1. The van der Waals surface area contributed by atoms with Gasteiger partial charge in [0.1, 0.15) is 0 Å². The summed E-state index contributed by atoms with van der Waals surface area (Å²) in [6, 6.07) is 5.55. The van der Waals surface area contributed by atoms with Crippen LogP contribution >= 0.6 is 0 Å². The molecule has 0 radical (unpaired) electrons. The van der Waals surface area contributed by atoms with E-state index in [0.29, 0.717) is 38.3 Å². The molecule has 1 heterocycles. The van der Waals surface area contributed by atoms with Gasteiger partial charge in [0.15, 0.2) is 0 Å². The van der Waals surface area contributed by atoms with Gasteiger partial charge in [-0.25, -0.2) is 5.01 Å². The summed E-state index contributed by atoms with van der Waals surface area (Å²) in [5.41, 5.74) is 5.21. The lowest BCUT2D eigenvalue weighted by Gasteiger charge is -2.27. The lowest BCUT2D eigenvalue weighted by Crippen LogP contribution is -2.48. The van der Waals surface area contributed by atoms with Gasteiger partial charge in [-0.15, -0.1) is 0 Å². The lowest BCUT2D eigenvalue weighted by molar-refractivity contribution is 0.0126. The highest BCUT2D eigenvalue weighted by Crippen LogP contribution is 2.11. The van der Waals surface area contributed by atoms with Crippen LogP contribution in [0.2, 0.25) is 0 Å². The number of aryl methyl sites for hydroxylation is 1. The molecule has 1 amide bonds. The molecule has 1 aliphatic heterocycles. The topological polar surface area (TPSA) is 61.8 Å². The number of carbonyl (C=O) groups excluding carboxylic acids is 1. The molecule has 2 rings (SSSR count). The first-order valence-electron chi connectivity index (χ1n) is 7.05. The van der Waals surface area contributed by atoms with Crippen LogP contribution in [0.1, 0.15) is 27.9 Å². The third-order valence-corrected chi connectivity index (χ3v) is 3.22. The summed E-state index contributed by atoms with van der Waals surface area (Å²) in [5, 5.41) is 10.6. The molecule has 0 saturated carbocycles. The summed E-state index contributed by atoms with van der Waals surface area (Å²) in [7, 11) is 0. The molecule has 112 valence electrons. The predicted molar refractivity (Wildman–Crippen MR) is 79.6 cm³/mol. The van der Waals surface area contributed by atoms with Crippen molar-refractivity contribution in [3.63, 3.8) is 0 Å². The average molecular weight is 288 g/mol. The number of morpholine rings is 1. The van der Waals surface area contributed by atoms with Gasteiger partial charge < -0.3 is 9.84 Å². The minimum atomic E-state index is -0.125. The smallest absolute Gasteiger partial charge is 0.265 e. The second-order valence-corrected chi connectivity index (χ2v) is 4.85. The van der Waals surface area contributed by atoms with Gasteiger partial charge in [-0.2, -0.15) is 0 Å². The highest BCUT2D eigenvalue weighted by molar-refractivity contribution is 5.95. The Bertz CT molecular complexity index is 554. The van der Waals surface area contributed by atoms with Crippen LogP contribution in [0, 0.1) is 18.8 Å². The van der Waals surface area contributed by atoms with Gasteiger partial charge in [-0.3, -0.25) is 10.2 Å². The van der Waals surface area contributed by atoms with Gasteiger partial charge in [-0.05, 0) is 24.6 Å². The molecule has 1 aromatic rings. The maximum atomic E-state index is 12.3. The van der Waals surface area contributed by atoms with Crippen LogP contribution < -0.4 is 5.43 Å². The maximum Gasteiger partial charge on any atom is 0.265 e. The lowest BCUT2D eigenvalue weighted by atomic mass is 10.0. The molecular formula is C16H20N2O3. The van der Waals surface area contributed by atoms with E-state index in [1.807, 2.05) is 24.1 Å². The number of hydrazine groups is 1. The quantitative estimate of drug-likeness (QED) is 0.804. The fourth-order valence-corrected chi connectivity index (χ4v) is 2.04.